The normalized spacial score (nSPS) is 23.2. The lowest BCUT2D eigenvalue weighted by atomic mass is 9.93. The number of nitrogens with zero attached hydrogens (tertiary/aromatic N) is 1. The fraction of sp³-hybridized carbons (Fsp3) is 0.279. The molecule has 15 nitrogen and oxygen atoms in total. The lowest BCUT2D eigenvalue weighted by Gasteiger charge is -2.51. The highest BCUT2D eigenvalue weighted by molar-refractivity contribution is 6.21. The molecule has 0 aromatic heterocycles. The summed E-state index contributed by atoms with van der Waals surface area (Å²) in [6.07, 6.45) is -10.3. The Balaban J connectivity index is 1.04. The molecule has 0 bridgehead atoms. The summed E-state index contributed by atoms with van der Waals surface area (Å²) in [5.74, 6) is -0.754. The molecule has 3 aliphatic rings. The average molecular weight is 1120 g/mol. The minimum Gasteiger partial charge on any atom is -0.497 e. The predicted octanol–water partition coefficient (Wildman–Crippen LogP) is 10.8. The third-order valence-corrected chi connectivity index (χ3v) is 14.9. The molecule has 1 unspecified atom stereocenters. The molecule has 15 heteroatoms. The van der Waals surface area contributed by atoms with Crippen LogP contribution in [0.4, 0.5) is 0 Å². The first-order valence-electron chi connectivity index (χ1n) is 27.8. The van der Waals surface area contributed by atoms with Gasteiger partial charge in [0.15, 0.2) is 6.29 Å². The minimum absolute atomic E-state index is 0.000680. The number of imide groups is 1. The van der Waals surface area contributed by atoms with Crippen molar-refractivity contribution in [3.8, 4) is 11.5 Å². The van der Waals surface area contributed by atoms with E-state index in [0.29, 0.717) is 11.5 Å². The van der Waals surface area contributed by atoms with Crippen LogP contribution in [0.2, 0.25) is 0 Å². The molecule has 10 atom stereocenters. The third-order valence-electron chi connectivity index (χ3n) is 14.9. The summed E-state index contributed by atoms with van der Waals surface area (Å²) in [6, 6.07) is 65.1. The fourth-order valence-electron chi connectivity index (χ4n) is 10.7. The molecule has 0 radical (unpaired) electrons. The number of carbonyl (C=O) groups excluding carboxylic acids is 3. The summed E-state index contributed by atoms with van der Waals surface area (Å²) in [7, 11) is 1.57. The van der Waals surface area contributed by atoms with Gasteiger partial charge in [0, 0.05) is 6.92 Å². The Bertz CT molecular complexity index is 3360. The van der Waals surface area contributed by atoms with Gasteiger partial charge in [-0.05, 0) is 81.1 Å². The maximum Gasteiger partial charge on any atom is 0.302 e. The van der Waals surface area contributed by atoms with Crippen LogP contribution in [0.1, 0.15) is 55.5 Å². The summed E-state index contributed by atoms with van der Waals surface area (Å²) in [4.78, 5) is 44.0. The van der Waals surface area contributed by atoms with E-state index in [4.69, 9.17) is 52.1 Å². The molecular weight excluding hydrogens is 1050 g/mol. The van der Waals surface area contributed by atoms with Crippen LogP contribution in [-0.4, -0.2) is 104 Å². The zero-order valence-corrected chi connectivity index (χ0v) is 46.1. The average Bonchev–Trinajstić information content (AvgIpc) is 2.76. The number of ether oxygens (including phenoxy) is 11. The van der Waals surface area contributed by atoms with E-state index in [2.05, 4.69) is 18.2 Å². The molecule has 426 valence electrons. The standard InChI is InChI=1S/C68H65NO14/c1-45(70)75-44-58-60(76-39-47-21-9-4-10-22-47)63(78-42-50-31-32-51-27-15-16-28-52(51)37-50)64(79-41-49-25-13-6-14-26-49)68(82-58)83-61-57(43-74-38-46-19-7-3-8-20-46)81-67(80-54-35-33-53(73-2)34-36-54)59(62(61)77-40-48-23-11-5-12-24-48)69-65(71)55-29-17-18-30-56(55)66(69)72/h3-37,57-64,67-68H,38-44H2,1-2H3/t57-,58-,59-,60-,61-,62-,63+,64+,67?,68+/m1/s1. The number of rotatable bonds is 24. The van der Waals surface area contributed by atoms with Gasteiger partial charge in [0.2, 0.25) is 6.29 Å². The molecule has 83 heavy (non-hydrogen) atoms. The molecule has 0 aliphatic carbocycles. The van der Waals surface area contributed by atoms with E-state index < -0.39 is 79.1 Å². The number of hydrogen-bond donors (Lipinski definition) is 0. The number of methoxy groups -OCH3 is 1. The van der Waals surface area contributed by atoms with Gasteiger partial charge >= 0.3 is 5.97 Å². The molecule has 3 aliphatic heterocycles. The smallest absolute Gasteiger partial charge is 0.302 e. The van der Waals surface area contributed by atoms with Gasteiger partial charge in [-0.1, -0.05) is 170 Å². The Labute approximate surface area is 482 Å². The quantitative estimate of drug-likeness (QED) is 0.0416. The summed E-state index contributed by atoms with van der Waals surface area (Å²) in [5, 5.41) is 2.10. The van der Waals surface area contributed by atoms with Crippen LogP contribution in [0.25, 0.3) is 10.8 Å². The lowest BCUT2D eigenvalue weighted by molar-refractivity contribution is -0.363. The molecular formula is C68H65NO14. The fourth-order valence-corrected chi connectivity index (χ4v) is 10.7. The Morgan fingerprint density at radius 3 is 1.49 bits per heavy atom. The minimum atomic E-state index is -1.38. The van der Waals surface area contributed by atoms with Crippen molar-refractivity contribution in [3.05, 3.63) is 251 Å². The molecule has 0 saturated carbocycles. The summed E-state index contributed by atoms with van der Waals surface area (Å²) in [5.41, 5.74) is 4.73. The first kappa shape index (κ1) is 56.8. The zero-order chi connectivity index (χ0) is 56.9. The molecule has 2 fully saturated rings. The van der Waals surface area contributed by atoms with Crippen molar-refractivity contribution in [2.45, 2.75) is 101 Å². The second-order valence-corrected chi connectivity index (χ2v) is 20.5. The summed E-state index contributed by atoms with van der Waals surface area (Å²) in [6.45, 7) is 1.48. The van der Waals surface area contributed by atoms with Crippen LogP contribution in [0.3, 0.4) is 0 Å². The molecule has 0 spiro atoms. The maximum absolute atomic E-state index is 15.0. The monoisotopic (exact) mass is 1120 g/mol. The topological polar surface area (TPSA) is 156 Å². The predicted molar refractivity (Wildman–Crippen MR) is 307 cm³/mol. The number of fused-ring (bicyclic) bond motifs is 2. The second-order valence-electron chi connectivity index (χ2n) is 20.5. The zero-order valence-electron chi connectivity index (χ0n) is 46.1. The van der Waals surface area contributed by atoms with Gasteiger partial charge in [0.05, 0.1) is 57.9 Å². The number of hydrogen-bond acceptors (Lipinski definition) is 14. The molecule has 8 aromatic rings. The number of amides is 2. The van der Waals surface area contributed by atoms with Crippen LogP contribution in [-0.2, 0) is 80.5 Å². The van der Waals surface area contributed by atoms with Crippen LogP contribution < -0.4 is 9.47 Å². The van der Waals surface area contributed by atoms with E-state index in [1.54, 1.807) is 55.6 Å². The first-order chi connectivity index (χ1) is 40.8. The van der Waals surface area contributed by atoms with E-state index in [0.717, 1.165) is 43.5 Å². The number of benzene rings is 8. The van der Waals surface area contributed by atoms with E-state index in [1.165, 1.54) is 6.92 Å². The highest BCUT2D eigenvalue weighted by Gasteiger charge is 2.58. The maximum atomic E-state index is 15.0. The van der Waals surface area contributed by atoms with Gasteiger partial charge in [0.1, 0.15) is 66.9 Å². The number of esters is 1. The van der Waals surface area contributed by atoms with Crippen molar-refractivity contribution >= 4 is 28.6 Å². The highest BCUT2D eigenvalue weighted by Crippen LogP contribution is 2.40. The number of carbonyl (C=O) groups is 3. The molecule has 2 amide bonds. The Morgan fingerprint density at radius 2 is 0.916 bits per heavy atom. The third kappa shape index (κ3) is 13.9. The van der Waals surface area contributed by atoms with Crippen molar-refractivity contribution in [3.63, 3.8) is 0 Å². The Hall–Kier alpha value is -8.09. The SMILES string of the molecule is COc1ccc(OC2O[C@H](COCc3ccccc3)[C@@H](O[C@@H]3O[C@H](COC(C)=O)[C@@H](OCc4ccccc4)[C@H](OCc4ccc5ccccc5c4)[C@@H]3OCc3ccccc3)[C@H](OCc3ccccc3)[C@H]2N2C(=O)c3ccccc3C2=O)cc1. The molecule has 3 heterocycles. The van der Waals surface area contributed by atoms with Crippen LogP contribution in [0, 0.1) is 0 Å². The molecule has 8 aromatic carbocycles. The van der Waals surface area contributed by atoms with Crippen molar-refractivity contribution < 1.29 is 66.5 Å². The van der Waals surface area contributed by atoms with Crippen LogP contribution in [0.5, 0.6) is 11.5 Å². The Morgan fingerprint density at radius 1 is 0.446 bits per heavy atom. The van der Waals surface area contributed by atoms with Gasteiger partial charge in [-0.15, -0.1) is 0 Å². The van der Waals surface area contributed by atoms with Crippen molar-refractivity contribution in [1.82, 2.24) is 4.90 Å². The van der Waals surface area contributed by atoms with Gasteiger partial charge in [-0.2, -0.15) is 0 Å². The van der Waals surface area contributed by atoms with Gasteiger partial charge in [0.25, 0.3) is 11.8 Å². The molecule has 2 saturated heterocycles. The van der Waals surface area contributed by atoms with Gasteiger partial charge < -0.3 is 52.1 Å². The van der Waals surface area contributed by atoms with Crippen LogP contribution >= 0.6 is 0 Å². The van der Waals surface area contributed by atoms with E-state index >= 15 is 9.59 Å². The van der Waals surface area contributed by atoms with E-state index in [1.807, 2.05) is 146 Å². The van der Waals surface area contributed by atoms with Crippen molar-refractivity contribution in [1.29, 1.82) is 0 Å². The summed E-state index contributed by atoms with van der Waals surface area (Å²) >= 11 is 0. The second kappa shape index (κ2) is 27.3. The highest BCUT2D eigenvalue weighted by atomic mass is 16.8. The van der Waals surface area contributed by atoms with E-state index in [9.17, 15) is 4.79 Å². The largest absolute Gasteiger partial charge is 0.497 e. The lowest BCUT2D eigenvalue weighted by Crippen LogP contribution is -2.69. The molecule has 0 N–H and O–H groups in total. The van der Waals surface area contributed by atoms with Gasteiger partial charge in [-0.3, -0.25) is 19.3 Å². The van der Waals surface area contributed by atoms with Crippen molar-refractivity contribution in [2.75, 3.05) is 20.3 Å². The molecule has 11 rings (SSSR count). The van der Waals surface area contributed by atoms with Crippen molar-refractivity contribution in [2.24, 2.45) is 0 Å². The van der Waals surface area contributed by atoms with E-state index in [-0.39, 0.29) is 57.4 Å². The van der Waals surface area contributed by atoms with Gasteiger partial charge in [-0.25, -0.2) is 0 Å². The first-order valence-corrected chi connectivity index (χ1v) is 27.8. The summed E-state index contributed by atoms with van der Waals surface area (Å²) < 4.78 is 74.8. The Kier molecular flexibility index (Phi) is 18.7. The van der Waals surface area contributed by atoms with Crippen LogP contribution in [0.15, 0.2) is 212 Å².